The van der Waals surface area contributed by atoms with Gasteiger partial charge in [0.25, 0.3) is 0 Å². The van der Waals surface area contributed by atoms with Gasteiger partial charge >= 0.3 is 0 Å². The normalized spacial score (nSPS) is 11.7. The third-order valence-corrected chi connectivity index (χ3v) is 10.6. The van der Waals surface area contributed by atoms with Gasteiger partial charge in [0.05, 0.1) is 0 Å². The molecule has 0 amide bonds. The number of para-hydroxylation sites is 2. The molecule has 0 atom stereocenters. The van der Waals surface area contributed by atoms with Crippen LogP contribution in [0.4, 0.5) is 17.1 Å². The van der Waals surface area contributed by atoms with E-state index in [1.54, 1.807) is 0 Å². The first-order valence-electron chi connectivity index (χ1n) is 18.5. The minimum absolute atomic E-state index is 0.0690. The molecule has 0 spiro atoms. The van der Waals surface area contributed by atoms with E-state index in [2.05, 4.69) is 220 Å². The first kappa shape index (κ1) is 32.5. The molecule has 0 aliphatic rings. The summed E-state index contributed by atoms with van der Waals surface area (Å²) >= 11 is 0. The van der Waals surface area contributed by atoms with Crippen LogP contribution >= 0.6 is 0 Å². The lowest BCUT2D eigenvalue weighted by Gasteiger charge is -2.27. The molecule has 0 saturated carbocycles. The van der Waals surface area contributed by atoms with Crippen LogP contribution in [0.5, 0.6) is 0 Å². The predicted octanol–water partition coefficient (Wildman–Crippen LogP) is 14.9. The smallest absolute Gasteiger partial charge is 0.0468 e. The number of hydrogen-bond donors (Lipinski definition) is 0. The van der Waals surface area contributed by atoms with E-state index in [-0.39, 0.29) is 5.41 Å². The molecule has 0 heterocycles. The molecule has 0 radical (unpaired) electrons. The summed E-state index contributed by atoms with van der Waals surface area (Å²) in [4.78, 5) is 2.36. The molecule has 254 valence electrons. The number of rotatable bonds is 6. The van der Waals surface area contributed by atoms with E-state index in [4.69, 9.17) is 0 Å². The topological polar surface area (TPSA) is 3.24 Å². The summed E-state index contributed by atoms with van der Waals surface area (Å²) in [6, 6.07) is 71.0. The maximum absolute atomic E-state index is 2.45. The maximum atomic E-state index is 2.45. The Labute approximate surface area is 312 Å². The molecular formula is C52H41N. The third kappa shape index (κ3) is 5.85. The highest BCUT2D eigenvalue weighted by Crippen LogP contribution is 2.50. The van der Waals surface area contributed by atoms with Crippen LogP contribution in [-0.4, -0.2) is 0 Å². The van der Waals surface area contributed by atoms with Gasteiger partial charge < -0.3 is 4.90 Å². The fourth-order valence-corrected chi connectivity index (χ4v) is 8.01. The Morgan fingerprint density at radius 3 is 1.42 bits per heavy atom. The van der Waals surface area contributed by atoms with Crippen molar-refractivity contribution in [2.75, 3.05) is 4.90 Å². The molecule has 0 bridgehead atoms. The fourth-order valence-electron chi connectivity index (χ4n) is 8.01. The lowest BCUT2D eigenvalue weighted by molar-refractivity contribution is 0.590. The molecule has 0 fully saturated rings. The van der Waals surface area contributed by atoms with Crippen molar-refractivity contribution in [3.63, 3.8) is 0 Å². The van der Waals surface area contributed by atoms with Crippen molar-refractivity contribution in [1.82, 2.24) is 0 Å². The Morgan fingerprint density at radius 2 is 0.830 bits per heavy atom. The van der Waals surface area contributed by atoms with Crippen molar-refractivity contribution in [3.05, 3.63) is 200 Å². The van der Waals surface area contributed by atoms with Gasteiger partial charge in [0.15, 0.2) is 0 Å². The van der Waals surface area contributed by atoms with Crippen molar-refractivity contribution < 1.29 is 0 Å². The second kappa shape index (κ2) is 13.3. The maximum Gasteiger partial charge on any atom is 0.0468 e. The zero-order valence-electron chi connectivity index (χ0n) is 30.4. The Hall–Kier alpha value is -6.44. The van der Waals surface area contributed by atoms with E-state index in [9.17, 15) is 0 Å². The van der Waals surface area contributed by atoms with E-state index < -0.39 is 0 Å². The molecule has 9 aromatic carbocycles. The Bertz CT molecular complexity index is 2670. The minimum Gasteiger partial charge on any atom is -0.310 e. The fraction of sp³-hybridized carbons (Fsp3) is 0.0769. The van der Waals surface area contributed by atoms with Crippen LogP contribution in [-0.2, 0) is 5.41 Å². The summed E-state index contributed by atoms with van der Waals surface area (Å²) in [6.07, 6.45) is 0. The summed E-state index contributed by atoms with van der Waals surface area (Å²) in [5, 5.41) is 7.54. The average Bonchev–Trinajstić information content (AvgIpc) is 3.21. The number of anilines is 3. The first-order chi connectivity index (χ1) is 26.0. The van der Waals surface area contributed by atoms with Gasteiger partial charge in [0.2, 0.25) is 0 Å². The van der Waals surface area contributed by atoms with E-state index in [0.29, 0.717) is 0 Å². The highest BCUT2D eigenvalue weighted by molar-refractivity contribution is 6.33. The van der Waals surface area contributed by atoms with Crippen LogP contribution in [0.2, 0.25) is 0 Å². The SMILES string of the molecule is CC(C)(C)c1ccc(-c2cc(-c3ccccc3)c3c4ccccc4c4cc(N(c5ccccc5)c5ccccc5)ccc4c3c2-c2ccccc2)cc1. The lowest BCUT2D eigenvalue weighted by atomic mass is 9.80. The quantitative estimate of drug-likeness (QED) is 0.158. The Kier molecular flexibility index (Phi) is 8.13. The number of hydrogen-bond acceptors (Lipinski definition) is 1. The van der Waals surface area contributed by atoms with Crippen LogP contribution in [0.25, 0.3) is 65.7 Å². The van der Waals surface area contributed by atoms with E-state index in [0.717, 1.165) is 17.1 Å². The van der Waals surface area contributed by atoms with E-state index in [1.165, 1.54) is 71.3 Å². The molecule has 0 N–H and O–H groups in total. The number of nitrogens with zero attached hydrogens (tertiary/aromatic N) is 1. The van der Waals surface area contributed by atoms with Crippen molar-refractivity contribution in [1.29, 1.82) is 0 Å². The molecule has 1 nitrogen and oxygen atoms in total. The van der Waals surface area contributed by atoms with Crippen LogP contribution in [0.3, 0.4) is 0 Å². The van der Waals surface area contributed by atoms with Crippen LogP contribution in [0, 0.1) is 0 Å². The van der Waals surface area contributed by atoms with Crippen LogP contribution in [0.15, 0.2) is 194 Å². The molecule has 9 aromatic rings. The Balaban J connectivity index is 1.44. The van der Waals surface area contributed by atoms with Gasteiger partial charge in [-0.1, -0.05) is 172 Å². The minimum atomic E-state index is 0.0690. The molecule has 0 saturated heterocycles. The molecule has 9 rings (SSSR count). The molecule has 0 unspecified atom stereocenters. The number of fused-ring (bicyclic) bond motifs is 6. The second-order valence-electron chi connectivity index (χ2n) is 14.9. The van der Waals surface area contributed by atoms with Crippen molar-refractivity contribution in [3.8, 4) is 33.4 Å². The third-order valence-electron chi connectivity index (χ3n) is 10.6. The summed E-state index contributed by atoms with van der Waals surface area (Å²) in [6.45, 7) is 6.84. The average molecular weight is 680 g/mol. The molecule has 53 heavy (non-hydrogen) atoms. The largest absolute Gasteiger partial charge is 0.310 e. The summed E-state index contributed by atoms with van der Waals surface area (Å²) < 4.78 is 0. The van der Waals surface area contributed by atoms with Crippen molar-refractivity contribution in [2.45, 2.75) is 26.2 Å². The summed E-state index contributed by atoms with van der Waals surface area (Å²) in [5.41, 5.74) is 12.2. The van der Waals surface area contributed by atoms with Gasteiger partial charge in [-0.25, -0.2) is 0 Å². The molecule has 0 aromatic heterocycles. The molecule has 1 heteroatoms. The Morgan fingerprint density at radius 1 is 0.340 bits per heavy atom. The van der Waals surface area contributed by atoms with E-state index >= 15 is 0 Å². The van der Waals surface area contributed by atoms with Crippen LogP contribution < -0.4 is 4.90 Å². The van der Waals surface area contributed by atoms with Gasteiger partial charge in [-0.15, -0.1) is 0 Å². The van der Waals surface area contributed by atoms with Crippen molar-refractivity contribution in [2.24, 2.45) is 0 Å². The second-order valence-corrected chi connectivity index (χ2v) is 14.9. The summed E-state index contributed by atoms with van der Waals surface area (Å²) in [5.74, 6) is 0. The first-order valence-corrected chi connectivity index (χ1v) is 18.5. The van der Waals surface area contributed by atoms with Gasteiger partial charge in [-0.2, -0.15) is 0 Å². The zero-order valence-corrected chi connectivity index (χ0v) is 30.4. The molecular weight excluding hydrogens is 639 g/mol. The van der Waals surface area contributed by atoms with Gasteiger partial charge in [-0.3, -0.25) is 0 Å². The molecule has 0 aliphatic heterocycles. The highest BCUT2D eigenvalue weighted by Gasteiger charge is 2.23. The van der Waals surface area contributed by atoms with Gasteiger partial charge in [0, 0.05) is 17.1 Å². The van der Waals surface area contributed by atoms with Gasteiger partial charge in [-0.05, 0) is 119 Å². The van der Waals surface area contributed by atoms with Crippen LogP contribution in [0.1, 0.15) is 26.3 Å². The van der Waals surface area contributed by atoms with E-state index in [1.807, 2.05) is 0 Å². The zero-order chi connectivity index (χ0) is 35.9. The highest BCUT2D eigenvalue weighted by atomic mass is 15.1. The summed E-state index contributed by atoms with van der Waals surface area (Å²) in [7, 11) is 0. The molecule has 0 aliphatic carbocycles. The van der Waals surface area contributed by atoms with Gasteiger partial charge in [0.1, 0.15) is 0 Å². The lowest BCUT2D eigenvalue weighted by Crippen LogP contribution is -2.10. The van der Waals surface area contributed by atoms with Crippen molar-refractivity contribution >= 4 is 49.4 Å². The predicted molar refractivity (Wildman–Crippen MR) is 229 cm³/mol. The standard InChI is InChI=1S/C52H41N/c1-52(2,3)39-30-28-37(29-31-39)46-35-47(36-18-8-4-9-19-36)50-44-27-17-16-26-43(44)48-34-42(32-33-45(48)51(50)49(46)38-20-10-5-11-21-38)53(40-22-12-6-13-23-40)41-24-14-7-15-25-41/h4-35H,1-3H3. The number of benzene rings is 9. The monoisotopic (exact) mass is 679 g/mol.